The number of carbonyl (C=O) groups is 2. The Hall–Kier alpha value is -1.84. The number of hydrogen-bond donors (Lipinski definition) is 1. The first kappa shape index (κ1) is 24.2. The standard InChI is InChI=1S/C24H38O4/c1-3-4-5-6-7-8-9-10-11-12-13-14-15-16-17-18-20-23(26)21(25)19-22(28-2)24(20)27/h10-11,19,26H,3-9,12-18H2,1-2H3. The van der Waals surface area contributed by atoms with Gasteiger partial charge in [0.25, 0.3) is 0 Å². The molecule has 1 aliphatic rings. The van der Waals surface area contributed by atoms with Crippen molar-refractivity contribution in [2.75, 3.05) is 7.11 Å². The summed E-state index contributed by atoms with van der Waals surface area (Å²) in [6, 6.07) is 0. The van der Waals surface area contributed by atoms with Crippen LogP contribution in [0, 0.1) is 0 Å². The lowest BCUT2D eigenvalue weighted by Gasteiger charge is -2.14. The normalized spacial score (nSPS) is 14.9. The molecule has 0 atom stereocenters. The van der Waals surface area contributed by atoms with Crippen molar-refractivity contribution in [2.45, 2.75) is 96.8 Å². The number of Topliss-reactive ketones (excluding diaryl/α,β-unsaturated/α-hetero) is 1. The summed E-state index contributed by atoms with van der Waals surface area (Å²) in [7, 11) is 1.36. The molecule has 0 amide bonds. The smallest absolute Gasteiger partial charge is 0.227 e. The van der Waals surface area contributed by atoms with E-state index in [1.807, 2.05) is 0 Å². The van der Waals surface area contributed by atoms with Crippen molar-refractivity contribution in [3.8, 4) is 0 Å². The van der Waals surface area contributed by atoms with Gasteiger partial charge in [-0.1, -0.05) is 70.4 Å². The van der Waals surface area contributed by atoms with Crippen molar-refractivity contribution in [2.24, 2.45) is 0 Å². The molecular formula is C24H38O4. The molecule has 1 aliphatic carbocycles. The molecule has 0 aliphatic heterocycles. The third-order valence-electron chi connectivity index (χ3n) is 5.19. The Kier molecular flexibility index (Phi) is 13.1. The predicted octanol–water partition coefficient (Wildman–Crippen LogP) is 6.52. The summed E-state index contributed by atoms with van der Waals surface area (Å²) in [5.74, 6) is -1.30. The molecule has 0 bridgehead atoms. The predicted molar refractivity (Wildman–Crippen MR) is 114 cm³/mol. The Bertz CT molecular complexity index is 569. The zero-order chi connectivity index (χ0) is 20.6. The third-order valence-corrected chi connectivity index (χ3v) is 5.19. The van der Waals surface area contributed by atoms with E-state index in [9.17, 15) is 14.7 Å². The summed E-state index contributed by atoms with van der Waals surface area (Å²) < 4.78 is 4.92. The number of ether oxygens (including phenoxy) is 1. The number of hydrogen-bond acceptors (Lipinski definition) is 4. The molecule has 0 saturated heterocycles. The first-order valence-corrected chi connectivity index (χ1v) is 11.0. The molecule has 0 spiro atoms. The van der Waals surface area contributed by atoms with Gasteiger partial charge in [0.15, 0.2) is 11.5 Å². The lowest BCUT2D eigenvalue weighted by molar-refractivity contribution is -0.119. The van der Waals surface area contributed by atoms with Crippen LogP contribution in [-0.2, 0) is 14.3 Å². The summed E-state index contributed by atoms with van der Waals surface area (Å²) in [4.78, 5) is 23.8. The van der Waals surface area contributed by atoms with Crippen LogP contribution >= 0.6 is 0 Å². The minimum atomic E-state index is -0.542. The molecule has 0 saturated carbocycles. The van der Waals surface area contributed by atoms with Gasteiger partial charge >= 0.3 is 0 Å². The van der Waals surface area contributed by atoms with E-state index in [0.29, 0.717) is 6.42 Å². The van der Waals surface area contributed by atoms with E-state index in [2.05, 4.69) is 19.1 Å². The van der Waals surface area contributed by atoms with Crippen molar-refractivity contribution >= 4 is 11.6 Å². The topological polar surface area (TPSA) is 63.6 Å². The number of carbonyl (C=O) groups excluding carboxylic acids is 2. The van der Waals surface area contributed by atoms with Gasteiger partial charge < -0.3 is 9.84 Å². The van der Waals surface area contributed by atoms with Crippen molar-refractivity contribution in [3.05, 3.63) is 35.3 Å². The van der Waals surface area contributed by atoms with Crippen molar-refractivity contribution < 1.29 is 19.4 Å². The molecule has 158 valence electrons. The van der Waals surface area contributed by atoms with E-state index in [0.717, 1.165) is 31.8 Å². The Morgan fingerprint density at radius 2 is 1.39 bits per heavy atom. The van der Waals surface area contributed by atoms with E-state index in [1.165, 1.54) is 64.9 Å². The molecule has 0 unspecified atom stereocenters. The highest BCUT2D eigenvalue weighted by molar-refractivity contribution is 6.20. The van der Waals surface area contributed by atoms with Gasteiger partial charge in [-0.3, -0.25) is 9.59 Å². The van der Waals surface area contributed by atoms with Gasteiger partial charge in [-0.05, 0) is 38.5 Å². The first-order valence-electron chi connectivity index (χ1n) is 11.0. The number of unbranched alkanes of at least 4 members (excludes halogenated alkanes) is 11. The van der Waals surface area contributed by atoms with E-state index >= 15 is 0 Å². The van der Waals surface area contributed by atoms with E-state index < -0.39 is 11.5 Å². The van der Waals surface area contributed by atoms with Crippen LogP contribution in [0.4, 0.5) is 0 Å². The second kappa shape index (κ2) is 15.1. The molecule has 0 aromatic heterocycles. The van der Waals surface area contributed by atoms with Gasteiger partial charge in [0.1, 0.15) is 0 Å². The molecular weight excluding hydrogens is 352 g/mol. The summed E-state index contributed by atoms with van der Waals surface area (Å²) in [6.07, 6.45) is 21.8. The number of aliphatic hydroxyl groups excluding tert-OH is 1. The van der Waals surface area contributed by atoms with E-state index in [4.69, 9.17) is 4.74 Å². The van der Waals surface area contributed by atoms with Gasteiger partial charge in [-0.2, -0.15) is 0 Å². The van der Waals surface area contributed by atoms with E-state index in [1.54, 1.807) is 0 Å². The molecule has 28 heavy (non-hydrogen) atoms. The molecule has 4 nitrogen and oxygen atoms in total. The van der Waals surface area contributed by atoms with Gasteiger partial charge in [0.05, 0.1) is 7.11 Å². The Labute approximate surface area is 170 Å². The Morgan fingerprint density at radius 3 is 1.96 bits per heavy atom. The summed E-state index contributed by atoms with van der Waals surface area (Å²) in [6.45, 7) is 2.25. The maximum absolute atomic E-state index is 12.1. The number of allylic oxidation sites excluding steroid dienone is 4. The number of methoxy groups -OCH3 is 1. The fourth-order valence-electron chi connectivity index (χ4n) is 3.41. The highest BCUT2D eigenvalue weighted by atomic mass is 16.5. The minimum absolute atomic E-state index is 0.0190. The lowest BCUT2D eigenvalue weighted by atomic mass is 9.94. The van der Waals surface area contributed by atoms with Crippen LogP contribution in [0.3, 0.4) is 0 Å². The van der Waals surface area contributed by atoms with Crippen LogP contribution in [0.15, 0.2) is 35.3 Å². The number of aliphatic hydroxyl groups is 1. The molecule has 0 aromatic carbocycles. The molecule has 1 rings (SSSR count). The van der Waals surface area contributed by atoms with Gasteiger partial charge in [0.2, 0.25) is 11.6 Å². The van der Waals surface area contributed by atoms with Crippen molar-refractivity contribution in [1.82, 2.24) is 0 Å². The molecule has 0 aromatic rings. The van der Waals surface area contributed by atoms with Crippen LogP contribution in [0.2, 0.25) is 0 Å². The largest absolute Gasteiger partial charge is 0.504 e. The molecule has 1 N–H and O–H groups in total. The molecule has 0 fully saturated rings. The lowest BCUT2D eigenvalue weighted by Crippen LogP contribution is -2.20. The molecule has 4 heteroatoms. The maximum Gasteiger partial charge on any atom is 0.227 e. The highest BCUT2D eigenvalue weighted by Crippen LogP contribution is 2.23. The Morgan fingerprint density at radius 1 is 0.857 bits per heavy atom. The fraction of sp³-hybridized carbons (Fsp3) is 0.667. The summed E-state index contributed by atoms with van der Waals surface area (Å²) in [5.41, 5.74) is 0.196. The minimum Gasteiger partial charge on any atom is -0.504 e. The molecule has 0 heterocycles. The average molecular weight is 391 g/mol. The van der Waals surface area contributed by atoms with E-state index in [-0.39, 0.29) is 17.1 Å². The van der Waals surface area contributed by atoms with Crippen molar-refractivity contribution in [3.63, 3.8) is 0 Å². The van der Waals surface area contributed by atoms with Gasteiger partial charge in [-0.25, -0.2) is 0 Å². The second-order valence-electron chi connectivity index (χ2n) is 7.57. The second-order valence-corrected chi connectivity index (χ2v) is 7.57. The maximum atomic E-state index is 12.1. The average Bonchev–Trinajstić information content (AvgIpc) is 2.69. The van der Waals surface area contributed by atoms with Crippen LogP contribution in [0.1, 0.15) is 96.8 Å². The van der Waals surface area contributed by atoms with Gasteiger partial charge in [-0.15, -0.1) is 0 Å². The fourth-order valence-corrected chi connectivity index (χ4v) is 3.41. The summed E-state index contributed by atoms with van der Waals surface area (Å²) in [5, 5.41) is 9.84. The van der Waals surface area contributed by atoms with Crippen LogP contribution < -0.4 is 0 Å². The van der Waals surface area contributed by atoms with Crippen molar-refractivity contribution in [1.29, 1.82) is 0 Å². The molecule has 0 radical (unpaired) electrons. The first-order chi connectivity index (χ1) is 13.6. The van der Waals surface area contributed by atoms with Crippen LogP contribution in [-0.4, -0.2) is 23.8 Å². The monoisotopic (exact) mass is 390 g/mol. The number of ketones is 2. The SMILES string of the molecule is CCCCCCCCC=CCCCCCCCC1=C(O)C(=O)C=C(OC)C1=O. The zero-order valence-corrected chi connectivity index (χ0v) is 17.8. The highest BCUT2D eigenvalue weighted by Gasteiger charge is 2.28. The Balaban J connectivity index is 2.03. The third kappa shape index (κ3) is 9.38. The zero-order valence-electron chi connectivity index (χ0n) is 17.8. The summed E-state index contributed by atoms with van der Waals surface area (Å²) >= 11 is 0. The van der Waals surface area contributed by atoms with Crippen LogP contribution in [0.25, 0.3) is 0 Å². The van der Waals surface area contributed by atoms with Gasteiger partial charge in [0, 0.05) is 11.6 Å². The van der Waals surface area contributed by atoms with Crippen LogP contribution in [0.5, 0.6) is 0 Å². The quantitative estimate of drug-likeness (QED) is 0.185. The number of rotatable bonds is 16.